The molecule has 6 nitrogen and oxygen atoms in total. The van der Waals surface area contributed by atoms with E-state index in [0.717, 1.165) is 5.69 Å². The number of aromatic carboxylic acids is 1. The molecule has 1 heterocycles. The molecule has 0 saturated heterocycles. The fourth-order valence-electron chi connectivity index (χ4n) is 1.82. The summed E-state index contributed by atoms with van der Waals surface area (Å²) in [6, 6.07) is 6.65. The smallest absolute Gasteiger partial charge is 0.335 e. The van der Waals surface area contributed by atoms with Crippen molar-refractivity contribution >= 4 is 17.6 Å². The molecule has 0 aliphatic carbocycles. The molecule has 0 radical (unpaired) electrons. The first-order chi connectivity index (χ1) is 9.95. The zero-order valence-corrected chi connectivity index (χ0v) is 12.1. The Balaban J connectivity index is 2.18. The van der Waals surface area contributed by atoms with Crippen LogP contribution in [-0.2, 0) is 0 Å². The number of nitrogens with one attached hydrogen (secondary N) is 1. The van der Waals surface area contributed by atoms with Crippen LogP contribution in [0, 0.1) is 6.92 Å². The highest BCUT2D eigenvalue weighted by Gasteiger charge is 2.08. The Morgan fingerprint density at radius 2 is 2.10 bits per heavy atom. The van der Waals surface area contributed by atoms with Crippen molar-refractivity contribution in [2.45, 2.75) is 26.9 Å². The minimum Gasteiger partial charge on any atom is -0.478 e. The number of aromatic nitrogens is 2. The molecule has 0 unspecified atom stereocenters. The van der Waals surface area contributed by atoms with Crippen LogP contribution in [0.4, 0.5) is 11.6 Å². The van der Waals surface area contributed by atoms with Crippen molar-refractivity contribution in [3.63, 3.8) is 0 Å². The van der Waals surface area contributed by atoms with Crippen LogP contribution >= 0.6 is 0 Å². The summed E-state index contributed by atoms with van der Waals surface area (Å²) in [6.07, 6.45) is 1.63. The molecule has 0 bridgehead atoms. The monoisotopic (exact) mass is 287 g/mol. The van der Waals surface area contributed by atoms with Gasteiger partial charge in [0.2, 0.25) is 11.8 Å². The Morgan fingerprint density at radius 3 is 2.71 bits per heavy atom. The number of rotatable bonds is 5. The van der Waals surface area contributed by atoms with E-state index >= 15 is 0 Å². The molecule has 1 aromatic carbocycles. The maximum absolute atomic E-state index is 11.0. The van der Waals surface area contributed by atoms with Crippen LogP contribution in [-0.4, -0.2) is 27.1 Å². The van der Waals surface area contributed by atoms with Crippen LogP contribution in [0.25, 0.3) is 0 Å². The Bertz CT molecular complexity index is 656. The molecule has 0 spiro atoms. The number of carbonyl (C=O) groups is 1. The summed E-state index contributed by atoms with van der Waals surface area (Å²) in [5.74, 6) is -0.0559. The number of carboxylic acid groups (broad SMARTS) is 1. The largest absolute Gasteiger partial charge is 0.478 e. The van der Waals surface area contributed by atoms with E-state index in [-0.39, 0.29) is 11.7 Å². The molecule has 0 aliphatic rings. The van der Waals surface area contributed by atoms with Gasteiger partial charge in [0.15, 0.2) is 0 Å². The lowest BCUT2D eigenvalue weighted by Gasteiger charge is -2.10. The average molecular weight is 287 g/mol. The van der Waals surface area contributed by atoms with Crippen LogP contribution < -0.4 is 10.1 Å². The van der Waals surface area contributed by atoms with Gasteiger partial charge in [-0.25, -0.2) is 9.78 Å². The van der Waals surface area contributed by atoms with Gasteiger partial charge in [0.1, 0.15) is 0 Å². The van der Waals surface area contributed by atoms with E-state index in [0.29, 0.717) is 17.4 Å². The molecule has 6 heteroatoms. The lowest BCUT2D eigenvalue weighted by Crippen LogP contribution is -2.08. The highest BCUT2D eigenvalue weighted by Crippen LogP contribution is 2.19. The zero-order chi connectivity index (χ0) is 15.4. The van der Waals surface area contributed by atoms with Gasteiger partial charge in [0.05, 0.1) is 11.7 Å². The fraction of sp³-hybridized carbons (Fsp3) is 0.267. The number of aryl methyl sites for hydroxylation is 1. The van der Waals surface area contributed by atoms with Crippen LogP contribution in [0.2, 0.25) is 0 Å². The quantitative estimate of drug-likeness (QED) is 0.879. The molecule has 21 heavy (non-hydrogen) atoms. The van der Waals surface area contributed by atoms with Gasteiger partial charge in [-0.2, -0.15) is 4.98 Å². The third-order valence-electron chi connectivity index (χ3n) is 2.70. The molecule has 0 fully saturated rings. The number of benzene rings is 1. The van der Waals surface area contributed by atoms with Gasteiger partial charge < -0.3 is 15.2 Å². The number of anilines is 2. The first kappa shape index (κ1) is 14.8. The second-order valence-electron chi connectivity index (χ2n) is 4.84. The maximum atomic E-state index is 11.0. The number of ether oxygens (including phenoxy) is 1. The molecule has 0 atom stereocenters. The molecule has 2 N–H and O–H groups in total. The first-order valence-electron chi connectivity index (χ1n) is 6.56. The van der Waals surface area contributed by atoms with Crippen LogP contribution in [0.15, 0.2) is 30.5 Å². The van der Waals surface area contributed by atoms with Crippen LogP contribution in [0.5, 0.6) is 5.88 Å². The van der Waals surface area contributed by atoms with Crippen LogP contribution in [0.1, 0.15) is 29.8 Å². The van der Waals surface area contributed by atoms with E-state index < -0.39 is 5.97 Å². The predicted octanol–water partition coefficient (Wildman–Crippen LogP) is 3.01. The summed E-state index contributed by atoms with van der Waals surface area (Å²) >= 11 is 0. The second-order valence-corrected chi connectivity index (χ2v) is 4.84. The van der Waals surface area contributed by atoms with Crippen molar-refractivity contribution in [3.8, 4) is 5.88 Å². The van der Waals surface area contributed by atoms with Crippen LogP contribution in [0.3, 0.4) is 0 Å². The normalized spacial score (nSPS) is 10.5. The molecule has 110 valence electrons. The van der Waals surface area contributed by atoms with Gasteiger partial charge >= 0.3 is 5.97 Å². The number of nitrogens with zero attached hydrogens (tertiary/aromatic N) is 2. The SMILES string of the molecule is Cc1cc(Nc2nccc(OC(C)C)n2)ccc1C(=O)O. The minimum atomic E-state index is -0.942. The van der Waals surface area contributed by atoms with Gasteiger partial charge in [-0.3, -0.25) is 0 Å². The summed E-state index contributed by atoms with van der Waals surface area (Å²) in [7, 11) is 0. The van der Waals surface area contributed by atoms with E-state index in [1.165, 1.54) is 0 Å². The predicted molar refractivity (Wildman–Crippen MR) is 79.2 cm³/mol. The highest BCUT2D eigenvalue weighted by atomic mass is 16.5. The van der Waals surface area contributed by atoms with Crippen molar-refractivity contribution in [2.75, 3.05) is 5.32 Å². The van der Waals surface area contributed by atoms with E-state index in [4.69, 9.17) is 9.84 Å². The van der Waals surface area contributed by atoms with Crippen molar-refractivity contribution < 1.29 is 14.6 Å². The van der Waals surface area contributed by atoms with Crippen molar-refractivity contribution in [1.29, 1.82) is 0 Å². The molecule has 2 aromatic rings. The summed E-state index contributed by atoms with van der Waals surface area (Å²) in [6.45, 7) is 5.58. The lowest BCUT2D eigenvalue weighted by atomic mass is 10.1. The Labute approximate surface area is 122 Å². The summed E-state index contributed by atoms with van der Waals surface area (Å²) < 4.78 is 5.50. The van der Waals surface area contributed by atoms with Crippen molar-refractivity contribution in [2.24, 2.45) is 0 Å². The number of hydrogen-bond acceptors (Lipinski definition) is 5. The van der Waals surface area contributed by atoms with E-state index in [9.17, 15) is 4.79 Å². The third-order valence-corrected chi connectivity index (χ3v) is 2.70. The van der Waals surface area contributed by atoms with Gasteiger partial charge in [0.25, 0.3) is 0 Å². The Hall–Kier alpha value is -2.63. The van der Waals surface area contributed by atoms with E-state index in [2.05, 4.69) is 15.3 Å². The molecular formula is C15H17N3O3. The topological polar surface area (TPSA) is 84.3 Å². The van der Waals surface area contributed by atoms with E-state index in [1.807, 2.05) is 13.8 Å². The molecule has 2 rings (SSSR count). The average Bonchev–Trinajstić information content (AvgIpc) is 2.37. The summed E-state index contributed by atoms with van der Waals surface area (Å²) in [5.41, 5.74) is 1.67. The molecule has 1 aromatic heterocycles. The molecule has 0 amide bonds. The lowest BCUT2D eigenvalue weighted by molar-refractivity contribution is 0.0696. The second kappa shape index (κ2) is 6.21. The van der Waals surface area contributed by atoms with Gasteiger partial charge in [-0.1, -0.05) is 0 Å². The minimum absolute atomic E-state index is 0.0323. The molecule has 0 aliphatic heterocycles. The third kappa shape index (κ3) is 3.92. The van der Waals surface area contributed by atoms with E-state index in [1.54, 1.807) is 37.4 Å². The van der Waals surface area contributed by atoms with Gasteiger partial charge in [0, 0.05) is 18.0 Å². The fourth-order valence-corrected chi connectivity index (χ4v) is 1.82. The van der Waals surface area contributed by atoms with Gasteiger partial charge in [-0.15, -0.1) is 0 Å². The highest BCUT2D eigenvalue weighted by molar-refractivity contribution is 5.90. The van der Waals surface area contributed by atoms with Crippen molar-refractivity contribution in [3.05, 3.63) is 41.6 Å². The van der Waals surface area contributed by atoms with Gasteiger partial charge in [-0.05, 0) is 44.5 Å². The number of hydrogen-bond donors (Lipinski definition) is 2. The first-order valence-corrected chi connectivity index (χ1v) is 6.56. The van der Waals surface area contributed by atoms with Crippen molar-refractivity contribution in [1.82, 2.24) is 9.97 Å². The summed E-state index contributed by atoms with van der Waals surface area (Å²) in [4.78, 5) is 19.3. The zero-order valence-electron chi connectivity index (χ0n) is 12.1. The summed E-state index contributed by atoms with van der Waals surface area (Å²) in [5, 5.41) is 12.0. The standard InChI is InChI=1S/C15H17N3O3/c1-9(2)21-13-6-7-16-15(18-13)17-11-4-5-12(14(19)20)10(3)8-11/h4-9H,1-3H3,(H,19,20)(H,16,17,18). The maximum Gasteiger partial charge on any atom is 0.335 e. The molecular weight excluding hydrogens is 270 g/mol. The molecule has 0 saturated carbocycles. The Morgan fingerprint density at radius 1 is 1.33 bits per heavy atom. The number of carboxylic acids is 1. The Kier molecular flexibility index (Phi) is 4.37.